The van der Waals surface area contributed by atoms with Crippen LogP contribution in [0.1, 0.15) is 39.7 Å². The van der Waals surface area contributed by atoms with E-state index in [1.54, 1.807) is 0 Å². The van der Waals surface area contributed by atoms with E-state index >= 15 is 0 Å². The highest BCUT2D eigenvalue weighted by Crippen LogP contribution is 2.28. The molecule has 0 saturated carbocycles. The molecule has 1 heterocycles. The topological polar surface area (TPSA) is 47.3 Å². The van der Waals surface area contributed by atoms with E-state index in [1.807, 2.05) is 36.4 Å². The van der Waals surface area contributed by atoms with E-state index in [0.717, 1.165) is 27.9 Å². The molecule has 0 amide bonds. The molecular weight excluding hydrogens is 372 g/mol. The fraction of sp³-hybridized carbons (Fsp3) is 0.269. The van der Waals surface area contributed by atoms with Crippen LogP contribution >= 0.6 is 0 Å². The summed E-state index contributed by atoms with van der Waals surface area (Å²) in [4.78, 5) is 4.80. The molecule has 4 aromatic rings. The van der Waals surface area contributed by atoms with Crippen LogP contribution in [-0.4, -0.2) is 21.3 Å². The Hall–Kier alpha value is -3.11. The molecule has 0 aliphatic rings. The molecule has 4 nitrogen and oxygen atoms in total. The number of hydrogen-bond acceptors (Lipinski definition) is 3. The van der Waals surface area contributed by atoms with E-state index in [9.17, 15) is 5.11 Å². The van der Waals surface area contributed by atoms with Gasteiger partial charge in [0.2, 0.25) is 0 Å². The molecule has 0 saturated heterocycles. The van der Waals surface area contributed by atoms with Gasteiger partial charge in [-0.15, -0.1) is 0 Å². The van der Waals surface area contributed by atoms with Gasteiger partial charge in [-0.25, -0.2) is 4.98 Å². The third kappa shape index (κ3) is 3.96. The minimum Gasteiger partial charge on any atom is -0.491 e. The zero-order valence-corrected chi connectivity index (χ0v) is 18.0. The van der Waals surface area contributed by atoms with Crippen LogP contribution in [0.2, 0.25) is 0 Å². The van der Waals surface area contributed by atoms with Crippen molar-refractivity contribution in [2.75, 3.05) is 6.61 Å². The molecule has 1 N–H and O–H groups in total. The van der Waals surface area contributed by atoms with Crippen LogP contribution in [-0.2, 0) is 6.54 Å². The lowest BCUT2D eigenvalue weighted by molar-refractivity contribution is 0.201. The Morgan fingerprint density at radius 3 is 2.37 bits per heavy atom. The Morgan fingerprint density at radius 1 is 0.900 bits per heavy atom. The fourth-order valence-electron chi connectivity index (χ4n) is 3.83. The maximum atomic E-state index is 11.1. The zero-order chi connectivity index (χ0) is 21.3. The summed E-state index contributed by atoms with van der Waals surface area (Å²) in [5.74, 6) is 1.53. The van der Waals surface area contributed by atoms with Gasteiger partial charge in [-0.2, -0.15) is 0 Å². The maximum Gasteiger partial charge on any atom is 0.143 e. The van der Waals surface area contributed by atoms with Crippen LogP contribution < -0.4 is 4.74 Å². The second-order valence-electron chi connectivity index (χ2n) is 7.98. The van der Waals surface area contributed by atoms with Crippen LogP contribution in [0.3, 0.4) is 0 Å². The smallest absolute Gasteiger partial charge is 0.143 e. The molecule has 0 radical (unpaired) electrons. The van der Waals surface area contributed by atoms with E-state index < -0.39 is 6.10 Å². The molecule has 0 bridgehead atoms. The first-order valence-corrected chi connectivity index (χ1v) is 10.3. The molecule has 30 heavy (non-hydrogen) atoms. The molecule has 4 heteroatoms. The maximum absolute atomic E-state index is 11.1. The summed E-state index contributed by atoms with van der Waals surface area (Å²) >= 11 is 0. The highest BCUT2D eigenvalue weighted by atomic mass is 16.5. The first-order valence-electron chi connectivity index (χ1n) is 10.3. The molecule has 0 aliphatic heterocycles. The fourth-order valence-corrected chi connectivity index (χ4v) is 3.83. The summed E-state index contributed by atoms with van der Waals surface area (Å²) in [7, 11) is 0. The second-order valence-corrected chi connectivity index (χ2v) is 7.98. The lowest BCUT2D eigenvalue weighted by atomic mass is 10.1. The summed E-state index contributed by atoms with van der Waals surface area (Å²) in [5, 5.41) is 11.1. The predicted molar refractivity (Wildman–Crippen MR) is 121 cm³/mol. The second kappa shape index (κ2) is 8.33. The Balaban J connectivity index is 1.68. The van der Waals surface area contributed by atoms with E-state index in [1.165, 1.54) is 16.7 Å². The van der Waals surface area contributed by atoms with Crippen molar-refractivity contribution in [1.29, 1.82) is 0 Å². The highest BCUT2D eigenvalue weighted by molar-refractivity contribution is 5.78. The number of nitrogens with zero attached hydrogens (tertiary/aromatic N) is 2. The van der Waals surface area contributed by atoms with Gasteiger partial charge in [0.1, 0.15) is 24.3 Å². The van der Waals surface area contributed by atoms with Gasteiger partial charge in [-0.05, 0) is 68.1 Å². The third-order valence-corrected chi connectivity index (χ3v) is 5.66. The van der Waals surface area contributed by atoms with Crippen molar-refractivity contribution in [1.82, 2.24) is 9.55 Å². The minimum absolute atomic E-state index is 0.497. The van der Waals surface area contributed by atoms with E-state index in [0.29, 0.717) is 19.0 Å². The van der Waals surface area contributed by atoms with Crippen molar-refractivity contribution in [3.8, 4) is 5.75 Å². The largest absolute Gasteiger partial charge is 0.491 e. The van der Waals surface area contributed by atoms with E-state index in [2.05, 4.69) is 56.5 Å². The summed E-state index contributed by atoms with van der Waals surface area (Å²) in [6.07, 6.45) is -0.791. The minimum atomic E-state index is -0.791. The molecular formula is C26H28N2O2. The van der Waals surface area contributed by atoms with Crippen LogP contribution in [0.5, 0.6) is 5.75 Å². The van der Waals surface area contributed by atoms with E-state index in [4.69, 9.17) is 9.72 Å². The molecule has 0 spiro atoms. The number of benzene rings is 3. The van der Waals surface area contributed by atoms with Crippen molar-refractivity contribution < 1.29 is 9.84 Å². The Morgan fingerprint density at radius 2 is 1.63 bits per heavy atom. The van der Waals surface area contributed by atoms with Crippen LogP contribution in [0.4, 0.5) is 0 Å². The van der Waals surface area contributed by atoms with Crippen molar-refractivity contribution >= 4 is 11.0 Å². The Kier molecular flexibility index (Phi) is 5.60. The normalized spacial score (nSPS) is 12.3. The average Bonchev–Trinajstić information content (AvgIpc) is 3.07. The van der Waals surface area contributed by atoms with Gasteiger partial charge in [0.05, 0.1) is 17.6 Å². The van der Waals surface area contributed by atoms with Gasteiger partial charge in [0, 0.05) is 0 Å². The monoisotopic (exact) mass is 400 g/mol. The van der Waals surface area contributed by atoms with Crippen LogP contribution in [0.25, 0.3) is 11.0 Å². The van der Waals surface area contributed by atoms with Crippen molar-refractivity contribution in [3.63, 3.8) is 0 Å². The number of aliphatic hydroxyl groups excluding tert-OH is 1. The predicted octanol–water partition coefficient (Wildman–Crippen LogP) is 5.43. The number of aliphatic hydroxyl groups is 1. The standard InChI is InChI=1S/C26H28N2O2/c1-17-10-11-24(20(4)14-17)30-13-12-28-23-16-19(3)18(2)15-22(23)27-26(28)25(29)21-8-6-5-7-9-21/h5-11,14-16,25,29H,12-13H2,1-4H3. The molecule has 3 aromatic carbocycles. The molecule has 0 fully saturated rings. The summed E-state index contributed by atoms with van der Waals surface area (Å²) in [6, 6.07) is 20.1. The molecule has 1 atom stereocenters. The van der Waals surface area contributed by atoms with Gasteiger partial charge in [-0.1, -0.05) is 48.0 Å². The molecule has 1 aromatic heterocycles. The van der Waals surface area contributed by atoms with Crippen molar-refractivity contribution in [2.45, 2.75) is 40.3 Å². The third-order valence-electron chi connectivity index (χ3n) is 5.66. The first kappa shape index (κ1) is 20.2. The number of aryl methyl sites for hydroxylation is 4. The van der Waals surface area contributed by atoms with Crippen LogP contribution in [0, 0.1) is 27.7 Å². The number of imidazole rings is 1. The van der Waals surface area contributed by atoms with Gasteiger partial charge < -0.3 is 14.4 Å². The summed E-state index contributed by atoms with van der Waals surface area (Å²) in [5.41, 5.74) is 7.50. The van der Waals surface area contributed by atoms with Gasteiger partial charge in [-0.3, -0.25) is 0 Å². The highest BCUT2D eigenvalue weighted by Gasteiger charge is 2.20. The lowest BCUT2D eigenvalue weighted by Gasteiger charge is -2.16. The van der Waals surface area contributed by atoms with Gasteiger partial charge >= 0.3 is 0 Å². The SMILES string of the molecule is Cc1ccc(OCCn2c(C(O)c3ccccc3)nc3cc(C)c(C)cc32)c(C)c1. The van der Waals surface area contributed by atoms with Crippen molar-refractivity contribution in [3.05, 3.63) is 94.3 Å². The molecule has 154 valence electrons. The summed E-state index contributed by atoms with van der Waals surface area (Å²) < 4.78 is 8.16. The van der Waals surface area contributed by atoms with Gasteiger partial charge in [0.15, 0.2) is 0 Å². The number of rotatable bonds is 6. The number of ether oxygens (including phenoxy) is 1. The zero-order valence-electron chi connectivity index (χ0n) is 18.0. The van der Waals surface area contributed by atoms with E-state index in [-0.39, 0.29) is 0 Å². The average molecular weight is 401 g/mol. The molecule has 1 unspecified atom stereocenters. The van der Waals surface area contributed by atoms with Gasteiger partial charge in [0.25, 0.3) is 0 Å². The molecule has 4 rings (SSSR count). The first-order chi connectivity index (χ1) is 14.4. The lowest BCUT2D eigenvalue weighted by Crippen LogP contribution is -2.15. The van der Waals surface area contributed by atoms with Crippen molar-refractivity contribution in [2.24, 2.45) is 0 Å². The number of aromatic nitrogens is 2. The molecule has 0 aliphatic carbocycles. The number of hydrogen-bond donors (Lipinski definition) is 1. The summed E-state index contributed by atoms with van der Waals surface area (Å²) in [6.45, 7) is 9.43. The Bertz CT molecular complexity index is 1180. The Labute approximate surface area is 177 Å². The number of fused-ring (bicyclic) bond motifs is 1. The van der Waals surface area contributed by atoms with Crippen LogP contribution in [0.15, 0.2) is 60.7 Å². The quantitative estimate of drug-likeness (QED) is 0.469.